The van der Waals surface area contributed by atoms with Crippen molar-refractivity contribution in [2.24, 2.45) is 11.3 Å². The van der Waals surface area contributed by atoms with Crippen LogP contribution < -0.4 is 5.32 Å². The van der Waals surface area contributed by atoms with E-state index in [2.05, 4.69) is 5.32 Å². The molecular weight excluding hydrogens is 256 g/mol. The number of hydrogen-bond donors (Lipinski definition) is 1. The summed E-state index contributed by atoms with van der Waals surface area (Å²) >= 11 is 0. The average Bonchev–Trinajstić information content (AvgIpc) is 3.19. The summed E-state index contributed by atoms with van der Waals surface area (Å²) in [6.45, 7) is 1.39. The zero-order chi connectivity index (χ0) is 14.2. The third kappa shape index (κ3) is 2.01. The van der Waals surface area contributed by atoms with Gasteiger partial charge in [0.2, 0.25) is 5.91 Å². The van der Waals surface area contributed by atoms with E-state index in [-0.39, 0.29) is 23.1 Å². The molecule has 1 aromatic heterocycles. The summed E-state index contributed by atoms with van der Waals surface area (Å²) < 4.78 is 5.18. The Morgan fingerprint density at radius 3 is 3.00 bits per heavy atom. The van der Waals surface area contributed by atoms with Crippen LogP contribution in [0, 0.1) is 11.3 Å². The minimum absolute atomic E-state index is 0.0255. The van der Waals surface area contributed by atoms with E-state index in [1.807, 2.05) is 4.90 Å². The van der Waals surface area contributed by atoms with Gasteiger partial charge >= 0.3 is 0 Å². The van der Waals surface area contributed by atoms with Gasteiger partial charge in [0, 0.05) is 31.5 Å². The third-order valence-corrected chi connectivity index (χ3v) is 4.87. The Morgan fingerprint density at radius 1 is 1.45 bits per heavy atom. The van der Waals surface area contributed by atoms with Crippen LogP contribution in [-0.2, 0) is 4.79 Å². The summed E-state index contributed by atoms with van der Waals surface area (Å²) in [4.78, 5) is 26.2. The predicted octanol–water partition coefficient (Wildman–Crippen LogP) is 1.66. The Balaban J connectivity index is 1.75. The lowest BCUT2D eigenvalue weighted by Crippen LogP contribution is -2.40. The molecular formula is C15H20N2O3. The second kappa shape index (κ2) is 4.96. The van der Waals surface area contributed by atoms with Crippen molar-refractivity contribution in [3.8, 4) is 0 Å². The van der Waals surface area contributed by atoms with Crippen molar-refractivity contribution in [1.82, 2.24) is 10.2 Å². The maximum absolute atomic E-state index is 12.3. The van der Waals surface area contributed by atoms with Gasteiger partial charge in [-0.1, -0.05) is 6.42 Å². The quantitative estimate of drug-likeness (QED) is 0.893. The Kier molecular flexibility index (Phi) is 3.28. The van der Waals surface area contributed by atoms with E-state index in [9.17, 15) is 9.59 Å². The molecule has 5 nitrogen and oxygen atoms in total. The number of hydrogen-bond acceptors (Lipinski definition) is 3. The Labute approximate surface area is 118 Å². The van der Waals surface area contributed by atoms with Crippen molar-refractivity contribution >= 4 is 11.8 Å². The molecule has 1 saturated carbocycles. The molecule has 1 saturated heterocycles. The number of carbonyl (C=O) groups excluding carboxylic acids is 2. The average molecular weight is 276 g/mol. The molecule has 2 fully saturated rings. The van der Waals surface area contributed by atoms with Gasteiger partial charge in [0.25, 0.3) is 5.91 Å². The molecule has 108 valence electrons. The van der Waals surface area contributed by atoms with Gasteiger partial charge in [-0.15, -0.1) is 0 Å². The molecule has 1 aromatic rings. The number of amides is 2. The Hall–Kier alpha value is -1.78. The first-order valence-electron chi connectivity index (χ1n) is 7.21. The molecule has 5 heteroatoms. The molecule has 0 radical (unpaired) electrons. The summed E-state index contributed by atoms with van der Waals surface area (Å²) in [7, 11) is 1.69. The van der Waals surface area contributed by atoms with Crippen LogP contribution in [0.3, 0.4) is 0 Å². The van der Waals surface area contributed by atoms with Crippen molar-refractivity contribution in [3.63, 3.8) is 0 Å². The highest BCUT2D eigenvalue weighted by molar-refractivity contribution is 5.91. The molecule has 20 heavy (non-hydrogen) atoms. The second-order valence-corrected chi connectivity index (χ2v) is 5.88. The number of rotatable bonds is 2. The van der Waals surface area contributed by atoms with E-state index >= 15 is 0 Å². The highest BCUT2D eigenvalue weighted by Crippen LogP contribution is 2.49. The molecule has 0 bridgehead atoms. The standard InChI is InChI=1S/C15H20N2O3/c1-16-13(18)11-4-2-6-15(11)7-8-17(10-15)14(19)12-5-3-9-20-12/h3,5,9,11H,2,4,6-8,10H2,1H3,(H,16,18)/t11-,15-/m1/s1. The first-order valence-corrected chi connectivity index (χ1v) is 7.21. The lowest BCUT2D eigenvalue weighted by atomic mass is 9.76. The van der Waals surface area contributed by atoms with E-state index in [1.165, 1.54) is 6.26 Å². The molecule has 1 aliphatic heterocycles. The predicted molar refractivity (Wildman–Crippen MR) is 73.1 cm³/mol. The van der Waals surface area contributed by atoms with E-state index in [0.29, 0.717) is 18.8 Å². The van der Waals surface area contributed by atoms with Crippen LogP contribution in [0.4, 0.5) is 0 Å². The summed E-state index contributed by atoms with van der Waals surface area (Å²) in [6, 6.07) is 3.42. The van der Waals surface area contributed by atoms with E-state index in [1.54, 1.807) is 19.2 Å². The van der Waals surface area contributed by atoms with Crippen molar-refractivity contribution in [2.75, 3.05) is 20.1 Å². The van der Waals surface area contributed by atoms with Gasteiger partial charge in [0.1, 0.15) is 0 Å². The van der Waals surface area contributed by atoms with Crippen molar-refractivity contribution < 1.29 is 14.0 Å². The van der Waals surface area contributed by atoms with Crippen molar-refractivity contribution in [2.45, 2.75) is 25.7 Å². The lowest BCUT2D eigenvalue weighted by molar-refractivity contribution is -0.127. The van der Waals surface area contributed by atoms with E-state index < -0.39 is 0 Å². The monoisotopic (exact) mass is 276 g/mol. The minimum Gasteiger partial charge on any atom is -0.459 e. The van der Waals surface area contributed by atoms with Crippen LogP contribution in [0.2, 0.25) is 0 Å². The topological polar surface area (TPSA) is 62.6 Å². The molecule has 1 spiro atoms. The van der Waals surface area contributed by atoms with Gasteiger partial charge in [-0.25, -0.2) is 0 Å². The van der Waals surface area contributed by atoms with Crippen LogP contribution in [-0.4, -0.2) is 36.9 Å². The fourth-order valence-corrected chi connectivity index (χ4v) is 3.84. The first kappa shape index (κ1) is 13.2. The van der Waals surface area contributed by atoms with E-state index in [4.69, 9.17) is 4.42 Å². The molecule has 2 aliphatic rings. The zero-order valence-corrected chi connectivity index (χ0v) is 11.7. The van der Waals surface area contributed by atoms with Crippen LogP contribution in [0.15, 0.2) is 22.8 Å². The van der Waals surface area contributed by atoms with Gasteiger partial charge in [-0.05, 0) is 31.4 Å². The first-order chi connectivity index (χ1) is 9.66. The molecule has 0 aromatic carbocycles. The van der Waals surface area contributed by atoms with Crippen LogP contribution >= 0.6 is 0 Å². The molecule has 0 unspecified atom stereocenters. The molecule has 3 rings (SSSR count). The highest BCUT2D eigenvalue weighted by atomic mass is 16.3. The fraction of sp³-hybridized carbons (Fsp3) is 0.600. The SMILES string of the molecule is CNC(=O)[C@H]1CCC[C@]12CCN(C(=O)c1ccco1)C2. The number of nitrogens with zero attached hydrogens (tertiary/aromatic N) is 1. The van der Waals surface area contributed by atoms with Gasteiger partial charge in [-0.3, -0.25) is 9.59 Å². The molecule has 2 amide bonds. The number of nitrogens with one attached hydrogen (secondary N) is 1. The maximum atomic E-state index is 12.3. The normalized spacial score (nSPS) is 29.1. The Morgan fingerprint density at radius 2 is 2.30 bits per heavy atom. The third-order valence-electron chi connectivity index (χ3n) is 4.87. The van der Waals surface area contributed by atoms with Gasteiger partial charge in [0.05, 0.1) is 6.26 Å². The molecule has 1 N–H and O–H groups in total. The van der Waals surface area contributed by atoms with Crippen LogP contribution in [0.1, 0.15) is 36.2 Å². The van der Waals surface area contributed by atoms with Gasteiger partial charge in [0.15, 0.2) is 5.76 Å². The van der Waals surface area contributed by atoms with Gasteiger partial charge in [-0.2, -0.15) is 0 Å². The van der Waals surface area contributed by atoms with Crippen molar-refractivity contribution in [3.05, 3.63) is 24.2 Å². The number of likely N-dealkylation sites (tertiary alicyclic amines) is 1. The smallest absolute Gasteiger partial charge is 0.289 e. The summed E-state index contributed by atoms with van der Waals surface area (Å²) in [6.07, 6.45) is 5.47. The molecule has 1 aliphatic carbocycles. The summed E-state index contributed by atoms with van der Waals surface area (Å²) in [5.41, 5.74) is -0.0255. The number of furan rings is 1. The highest BCUT2D eigenvalue weighted by Gasteiger charge is 2.51. The summed E-state index contributed by atoms with van der Waals surface area (Å²) in [5, 5.41) is 2.77. The molecule has 2 atom stereocenters. The fourth-order valence-electron chi connectivity index (χ4n) is 3.84. The van der Waals surface area contributed by atoms with E-state index in [0.717, 1.165) is 25.7 Å². The van der Waals surface area contributed by atoms with Gasteiger partial charge < -0.3 is 14.6 Å². The Bertz CT molecular complexity index is 511. The maximum Gasteiger partial charge on any atom is 0.289 e. The summed E-state index contributed by atoms with van der Waals surface area (Å²) in [5.74, 6) is 0.489. The van der Waals surface area contributed by atoms with Crippen LogP contribution in [0.25, 0.3) is 0 Å². The lowest BCUT2D eigenvalue weighted by Gasteiger charge is -2.30. The molecule has 2 heterocycles. The zero-order valence-electron chi connectivity index (χ0n) is 11.7. The van der Waals surface area contributed by atoms with Crippen molar-refractivity contribution in [1.29, 1.82) is 0 Å². The van der Waals surface area contributed by atoms with Crippen LogP contribution in [0.5, 0.6) is 0 Å². The second-order valence-electron chi connectivity index (χ2n) is 5.88. The largest absolute Gasteiger partial charge is 0.459 e. The number of carbonyl (C=O) groups is 2. The minimum atomic E-state index is -0.0607.